The Balaban J connectivity index is 1.29. The average Bonchev–Trinajstić information content (AvgIpc) is 3.59. The molecule has 0 atom stereocenters. The summed E-state index contributed by atoms with van der Waals surface area (Å²) in [6.07, 6.45) is 2.00. The molecule has 0 aliphatic carbocycles. The van der Waals surface area contributed by atoms with Crippen LogP contribution in [0.2, 0.25) is 39.3 Å². The molecule has 0 N–H and O–H groups in total. The van der Waals surface area contributed by atoms with Crippen LogP contribution in [0.4, 0.5) is 0 Å². The summed E-state index contributed by atoms with van der Waals surface area (Å²) in [6.45, 7) is 13.8. The number of hydrogen-bond donors (Lipinski definition) is 0. The van der Waals surface area contributed by atoms with E-state index in [1.807, 2.05) is 18.3 Å². The van der Waals surface area contributed by atoms with Gasteiger partial charge in [0.05, 0.1) is 16.7 Å². The monoisotopic (exact) mass is 633 g/mol. The normalized spacial score (nSPS) is 12.6. The summed E-state index contributed by atoms with van der Waals surface area (Å²) in [6, 6.07) is 33.8. The molecule has 0 unspecified atom stereocenters. The van der Waals surface area contributed by atoms with Gasteiger partial charge in [-0.3, -0.25) is 4.98 Å². The fourth-order valence-corrected chi connectivity index (χ4v) is 8.05. The standard InChI is InChI=1S/C38H35N5OSi2/c1-45(2,3)37-40-36(41-38(42-37)46(4,5)6)24-18-20-25(21-19-24)43-32-16-9-7-12-26(32)30-23-39-31(22-33(30)43)29-15-11-14-28-27-13-8-10-17-34(27)44-35(28)29/h7-23H,1-6H3. The van der Waals surface area contributed by atoms with E-state index >= 15 is 0 Å². The summed E-state index contributed by atoms with van der Waals surface area (Å²) in [4.78, 5) is 20.0. The molecule has 226 valence electrons. The predicted octanol–water partition coefficient (Wildman–Crippen LogP) is 8.69. The van der Waals surface area contributed by atoms with Crippen LogP contribution in [0.5, 0.6) is 0 Å². The lowest BCUT2D eigenvalue weighted by Crippen LogP contribution is -2.52. The maximum absolute atomic E-state index is 6.38. The van der Waals surface area contributed by atoms with Crippen LogP contribution in [-0.4, -0.2) is 40.7 Å². The van der Waals surface area contributed by atoms with Gasteiger partial charge in [0, 0.05) is 44.6 Å². The minimum Gasteiger partial charge on any atom is -0.455 e. The van der Waals surface area contributed by atoms with Crippen molar-refractivity contribution in [2.75, 3.05) is 0 Å². The summed E-state index contributed by atoms with van der Waals surface area (Å²) >= 11 is 0. The molecule has 4 aromatic carbocycles. The van der Waals surface area contributed by atoms with Crippen molar-refractivity contribution in [3.8, 4) is 28.3 Å². The van der Waals surface area contributed by atoms with Gasteiger partial charge in [-0.2, -0.15) is 0 Å². The third-order valence-corrected chi connectivity index (χ3v) is 11.7. The van der Waals surface area contributed by atoms with Crippen molar-refractivity contribution in [2.24, 2.45) is 0 Å². The van der Waals surface area contributed by atoms with Crippen molar-refractivity contribution >= 4 is 70.8 Å². The van der Waals surface area contributed by atoms with Gasteiger partial charge >= 0.3 is 0 Å². The average molecular weight is 634 g/mol. The first-order valence-corrected chi connectivity index (χ1v) is 22.7. The van der Waals surface area contributed by atoms with Crippen molar-refractivity contribution in [1.82, 2.24) is 24.5 Å². The van der Waals surface area contributed by atoms with Gasteiger partial charge in [0.1, 0.15) is 38.2 Å². The summed E-state index contributed by atoms with van der Waals surface area (Å²) in [5.41, 5.74) is 9.84. The lowest BCUT2D eigenvalue weighted by molar-refractivity contribution is 0.670. The van der Waals surface area contributed by atoms with Crippen LogP contribution in [0.3, 0.4) is 0 Å². The van der Waals surface area contributed by atoms with E-state index in [1.165, 1.54) is 5.39 Å². The van der Waals surface area contributed by atoms with Crippen LogP contribution in [0.25, 0.3) is 72.1 Å². The van der Waals surface area contributed by atoms with E-state index in [2.05, 4.69) is 129 Å². The number of para-hydroxylation sites is 3. The van der Waals surface area contributed by atoms with Crippen LogP contribution in [0.1, 0.15) is 0 Å². The molecule has 0 bridgehead atoms. The molecule has 0 saturated carbocycles. The molecule has 0 aliphatic heterocycles. The minimum atomic E-state index is -1.74. The molecule has 8 aromatic rings. The second-order valence-electron chi connectivity index (χ2n) is 14.1. The maximum Gasteiger partial charge on any atom is 0.162 e. The quantitative estimate of drug-likeness (QED) is 0.177. The molecule has 0 radical (unpaired) electrons. The fraction of sp³-hybridized carbons (Fsp3) is 0.158. The van der Waals surface area contributed by atoms with Crippen molar-refractivity contribution < 1.29 is 4.42 Å². The highest BCUT2D eigenvalue weighted by molar-refractivity contribution is 6.89. The van der Waals surface area contributed by atoms with Crippen LogP contribution >= 0.6 is 0 Å². The van der Waals surface area contributed by atoms with Gasteiger partial charge < -0.3 is 8.98 Å². The van der Waals surface area contributed by atoms with Crippen LogP contribution in [0, 0.1) is 0 Å². The van der Waals surface area contributed by atoms with E-state index in [0.29, 0.717) is 0 Å². The van der Waals surface area contributed by atoms with Crippen molar-refractivity contribution in [3.05, 3.63) is 103 Å². The Morgan fingerprint density at radius 2 is 1.24 bits per heavy atom. The molecule has 0 aliphatic rings. The van der Waals surface area contributed by atoms with Gasteiger partial charge in [-0.1, -0.05) is 87.8 Å². The number of rotatable bonds is 5. The topological polar surface area (TPSA) is 69.6 Å². The summed E-state index contributed by atoms with van der Waals surface area (Å²) < 4.78 is 8.71. The molecule has 46 heavy (non-hydrogen) atoms. The van der Waals surface area contributed by atoms with Gasteiger partial charge in [0.15, 0.2) is 5.82 Å². The number of aromatic nitrogens is 5. The van der Waals surface area contributed by atoms with E-state index in [0.717, 1.165) is 77.6 Å². The Bertz CT molecular complexity index is 2420. The van der Waals surface area contributed by atoms with E-state index in [4.69, 9.17) is 24.4 Å². The molecular formula is C38H35N5OSi2. The zero-order valence-electron chi connectivity index (χ0n) is 27.0. The molecule has 0 fully saturated rings. The Morgan fingerprint density at radius 1 is 0.587 bits per heavy atom. The Morgan fingerprint density at radius 3 is 1.96 bits per heavy atom. The van der Waals surface area contributed by atoms with Gasteiger partial charge in [-0.25, -0.2) is 15.0 Å². The van der Waals surface area contributed by atoms with Gasteiger partial charge in [0.2, 0.25) is 0 Å². The van der Waals surface area contributed by atoms with Crippen molar-refractivity contribution in [3.63, 3.8) is 0 Å². The molecule has 6 nitrogen and oxygen atoms in total. The van der Waals surface area contributed by atoms with Gasteiger partial charge in [0.25, 0.3) is 0 Å². The molecule has 4 aromatic heterocycles. The minimum absolute atomic E-state index is 0.768. The molecule has 4 heterocycles. The molecular weight excluding hydrogens is 599 g/mol. The highest BCUT2D eigenvalue weighted by Crippen LogP contribution is 2.38. The highest BCUT2D eigenvalue weighted by Gasteiger charge is 2.28. The first-order chi connectivity index (χ1) is 22.1. The number of pyridine rings is 1. The van der Waals surface area contributed by atoms with Crippen LogP contribution in [-0.2, 0) is 0 Å². The SMILES string of the molecule is C[Si](C)(C)c1nc(-c2ccc(-n3c4ccccc4c4cnc(-c5cccc6c5oc5ccccc56)cc43)cc2)nc([Si](C)(C)C)n1. The second-order valence-corrected chi connectivity index (χ2v) is 24.0. The lowest BCUT2D eigenvalue weighted by atomic mass is 10.1. The number of fused-ring (bicyclic) bond motifs is 6. The lowest BCUT2D eigenvalue weighted by Gasteiger charge is -2.20. The Kier molecular flexibility index (Phi) is 6.39. The van der Waals surface area contributed by atoms with E-state index in [-0.39, 0.29) is 0 Å². The van der Waals surface area contributed by atoms with Crippen LogP contribution < -0.4 is 10.9 Å². The summed E-state index contributed by atoms with van der Waals surface area (Å²) in [5, 5.41) is 4.48. The summed E-state index contributed by atoms with van der Waals surface area (Å²) in [5.74, 6) is 0.768. The maximum atomic E-state index is 6.38. The molecule has 8 rings (SSSR count). The van der Waals surface area contributed by atoms with Gasteiger partial charge in [-0.05, 0) is 48.5 Å². The molecule has 0 amide bonds. The Hall–Kier alpha value is -4.93. The third kappa shape index (κ3) is 4.67. The molecule has 0 spiro atoms. The summed E-state index contributed by atoms with van der Waals surface area (Å²) in [7, 11) is -3.48. The third-order valence-electron chi connectivity index (χ3n) is 8.60. The second kappa shape index (κ2) is 10.3. The van der Waals surface area contributed by atoms with E-state index in [1.54, 1.807) is 0 Å². The number of nitrogens with zero attached hydrogens (tertiary/aromatic N) is 5. The number of hydrogen-bond acceptors (Lipinski definition) is 5. The fourth-order valence-electron chi connectivity index (χ4n) is 6.17. The highest BCUT2D eigenvalue weighted by atomic mass is 28.3. The number of furan rings is 1. The van der Waals surface area contributed by atoms with Crippen LogP contribution in [0.15, 0.2) is 108 Å². The molecule has 8 heteroatoms. The number of benzene rings is 4. The Labute approximate surface area is 269 Å². The smallest absolute Gasteiger partial charge is 0.162 e. The van der Waals surface area contributed by atoms with Crippen molar-refractivity contribution in [1.29, 1.82) is 0 Å². The zero-order chi connectivity index (χ0) is 31.8. The van der Waals surface area contributed by atoms with Crippen molar-refractivity contribution in [2.45, 2.75) is 39.3 Å². The van der Waals surface area contributed by atoms with E-state index < -0.39 is 16.1 Å². The van der Waals surface area contributed by atoms with E-state index in [9.17, 15) is 0 Å². The zero-order valence-corrected chi connectivity index (χ0v) is 29.0. The van der Waals surface area contributed by atoms with Gasteiger partial charge in [-0.15, -0.1) is 0 Å². The molecule has 0 saturated heterocycles. The first kappa shape index (κ1) is 28.5. The first-order valence-electron chi connectivity index (χ1n) is 15.7. The largest absolute Gasteiger partial charge is 0.455 e. The predicted molar refractivity (Wildman–Crippen MR) is 196 cm³/mol.